The highest BCUT2D eigenvalue weighted by molar-refractivity contribution is 5.04. The molecule has 0 saturated heterocycles. The second-order valence-electron chi connectivity index (χ2n) is 1.99. The quantitative estimate of drug-likeness (QED) is 0.252. The highest BCUT2D eigenvalue weighted by atomic mass is 16.7. The zero-order chi connectivity index (χ0) is 7.78. The van der Waals surface area contributed by atoms with Gasteiger partial charge in [0.25, 0.3) is 0 Å². The van der Waals surface area contributed by atoms with Crippen molar-refractivity contribution < 1.29 is 25.2 Å². The Balaban J connectivity index is 2.65. The van der Waals surface area contributed by atoms with E-state index in [0.29, 0.717) is 0 Å². The molecular formula is C5H8O5. The standard InChI is InChI=1S/C5H8O5/c6-3-1-2-5(9,10-3)4(7)8/h1-4,6-9H/t3-,5-/m1/s1. The molecule has 2 atom stereocenters. The van der Waals surface area contributed by atoms with Crippen molar-refractivity contribution in [3.8, 4) is 0 Å². The van der Waals surface area contributed by atoms with Crippen LogP contribution in [0.1, 0.15) is 0 Å². The van der Waals surface area contributed by atoms with Gasteiger partial charge in [-0.2, -0.15) is 0 Å². The predicted octanol–water partition coefficient (Wildman–Crippen LogP) is -2.11. The van der Waals surface area contributed by atoms with Crippen molar-refractivity contribution in [2.24, 2.45) is 0 Å². The zero-order valence-electron chi connectivity index (χ0n) is 5.01. The van der Waals surface area contributed by atoms with E-state index in [2.05, 4.69) is 4.74 Å². The molecule has 0 amide bonds. The van der Waals surface area contributed by atoms with Crippen LogP contribution in [0.2, 0.25) is 0 Å². The molecule has 0 radical (unpaired) electrons. The molecule has 1 rings (SSSR count). The molecule has 0 fully saturated rings. The van der Waals surface area contributed by atoms with Gasteiger partial charge in [0.1, 0.15) is 0 Å². The van der Waals surface area contributed by atoms with Crippen LogP contribution < -0.4 is 0 Å². The molecule has 0 bridgehead atoms. The smallest absolute Gasteiger partial charge is 0.240 e. The summed E-state index contributed by atoms with van der Waals surface area (Å²) in [6.45, 7) is 0. The largest absolute Gasteiger partial charge is 0.365 e. The Morgan fingerprint density at radius 3 is 2.30 bits per heavy atom. The van der Waals surface area contributed by atoms with Gasteiger partial charge < -0.3 is 25.2 Å². The Labute approximate surface area is 56.8 Å². The fourth-order valence-electron chi connectivity index (χ4n) is 0.639. The number of hydrogen-bond donors (Lipinski definition) is 4. The maximum absolute atomic E-state index is 8.97. The number of rotatable bonds is 1. The first-order valence-corrected chi connectivity index (χ1v) is 2.68. The fraction of sp³-hybridized carbons (Fsp3) is 0.600. The van der Waals surface area contributed by atoms with Crippen molar-refractivity contribution in [2.45, 2.75) is 18.4 Å². The third-order valence-electron chi connectivity index (χ3n) is 1.18. The summed E-state index contributed by atoms with van der Waals surface area (Å²) >= 11 is 0. The Morgan fingerprint density at radius 1 is 1.50 bits per heavy atom. The summed E-state index contributed by atoms with van der Waals surface area (Å²) < 4.78 is 4.31. The van der Waals surface area contributed by atoms with Gasteiger partial charge >= 0.3 is 0 Å². The van der Waals surface area contributed by atoms with Crippen LogP contribution in [-0.2, 0) is 4.74 Å². The molecular weight excluding hydrogens is 140 g/mol. The Kier molecular flexibility index (Phi) is 1.76. The first kappa shape index (κ1) is 7.64. The van der Waals surface area contributed by atoms with Crippen LogP contribution in [0.3, 0.4) is 0 Å². The fourth-order valence-corrected chi connectivity index (χ4v) is 0.639. The van der Waals surface area contributed by atoms with Crippen molar-refractivity contribution in [3.63, 3.8) is 0 Å². The second kappa shape index (κ2) is 2.30. The van der Waals surface area contributed by atoms with Gasteiger partial charge in [0.05, 0.1) is 0 Å². The van der Waals surface area contributed by atoms with Gasteiger partial charge in [0.2, 0.25) is 12.1 Å². The second-order valence-corrected chi connectivity index (χ2v) is 1.99. The number of aliphatic hydroxyl groups is 4. The van der Waals surface area contributed by atoms with Crippen molar-refractivity contribution in [1.29, 1.82) is 0 Å². The average molecular weight is 148 g/mol. The zero-order valence-corrected chi connectivity index (χ0v) is 5.01. The summed E-state index contributed by atoms with van der Waals surface area (Å²) in [5.41, 5.74) is 0. The molecule has 0 unspecified atom stereocenters. The van der Waals surface area contributed by atoms with Crippen molar-refractivity contribution in [3.05, 3.63) is 12.2 Å². The third-order valence-corrected chi connectivity index (χ3v) is 1.18. The molecule has 58 valence electrons. The SMILES string of the molecule is OC(O)[C@@]1(O)C=C[C@H](O)O1. The van der Waals surface area contributed by atoms with Gasteiger partial charge in [-0.15, -0.1) is 0 Å². The van der Waals surface area contributed by atoms with Gasteiger partial charge in [-0.3, -0.25) is 0 Å². The first-order chi connectivity index (χ1) is 4.54. The Bertz CT molecular complexity index is 154. The molecule has 5 nitrogen and oxygen atoms in total. The van der Waals surface area contributed by atoms with E-state index >= 15 is 0 Å². The number of hydrogen-bond acceptors (Lipinski definition) is 5. The van der Waals surface area contributed by atoms with Crippen LogP contribution in [0.4, 0.5) is 0 Å². The lowest BCUT2D eigenvalue weighted by molar-refractivity contribution is -0.307. The van der Waals surface area contributed by atoms with Crippen molar-refractivity contribution >= 4 is 0 Å². The first-order valence-electron chi connectivity index (χ1n) is 2.68. The van der Waals surface area contributed by atoms with Gasteiger partial charge in [0, 0.05) is 0 Å². The molecule has 0 saturated carbocycles. The van der Waals surface area contributed by atoms with E-state index < -0.39 is 18.4 Å². The Hall–Kier alpha value is -0.460. The van der Waals surface area contributed by atoms with Gasteiger partial charge in [-0.25, -0.2) is 0 Å². The lowest BCUT2D eigenvalue weighted by atomic mass is 10.3. The maximum Gasteiger partial charge on any atom is 0.240 e. The van der Waals surface area contributed by atoms with Crippen LogP contribution in [0.15, 0.2) is 12.2 Å². The summed E-state index contributed by atoms with van der Waals surface area (Å²) in [6.07, 6.45) is -1.23. The highest BCUT2D eigenvalue weighted by Gasteiger charge is 2.39. The minimum atomic E-state index is -2.15. The maximum atomic E-state index is 8.97. The van der Waals surface area contributed by atoms with Crippen molar-refractivity contribution in [2.75, 3.05) is 0 Å². The van der Waals surface area contributed by atoms with Crippen LogP contribution in [-0.4, -0.2) is 38.8 Å². The lowest BCUT2D eigenvalue weighted by Gasteiger charge is -2.22. The predicted molar refractivity (Wildman–Crippen MR) is 29.4 cm³/mol. The molecule has 0 aromatic heterocycles. The third kappa shape index (κ3) is 1.18. The van der Waals surface area contributed by atoms with E-state index in [0.717, 1.165) is 12.2 Å². The summed E-state index contributed by atoms with van der Waals surface area (Å²) in [4.78, 5) is 0. The Morgan fingerprint density at radius 2 is 2.10 bits per heavy atom. The molecule has 1 aliphatic heterocycles. The molecule has 0 aromatic rings. The van der Waals surface area contributed by atoms with E-state index in [4.69, 9.17) is 20.4 Å². The molecule has 0 aromatic carbocycles. The van der Waals surface area contributed by atoms with Crippen molar-refractivity contribution in [1.82, 2.24) is 0 Å². The number of aliphatic hydroxyl groups excluding tert-OH is 2. The minimum Gasteiger partial charge on any atom is -0.365 e. The van der Waals surface area contributed by atoms with Gasteiger partial charge in [-0.1, -0.05) is 0 Å². The van der Waals surface area contributed by atoms with Crippen LogP contribution in [0.25, 0.3) is 0 Å². The summed E-state index contributed by atoms with van der Waals surface area (Å²) in [5, 5.41) is 34.5. The average Bonchev–Trinajstić information content (AvgIpc) is 2.13. The summed E-state index contributed by atoms with van der Waals surface area (Å²) in [7, 11) is 0. The monoisotopic (exact) mass is 148 g/mol. The molecule has 0 aliphatic carbocycles. The molecule has 10 heavy (non-hydrogen) atoms. The molecule has 1 aliphatic rings. The van der Waals surface area contributed by atoms with Crippen LogP contribution >= 0.6 is 0 Å². The normalized spacial score (nSPS) is 39.5. The van der Waals surface area contributed by atoms with Gasteiger partial charge in [-0.05, 0) is 12.2 Å². The van der Waals surface area contributed by atoms with E-state index in [9.17, 15) is 0 Å². The van der Waals surface area contributed by atoms with E-state index in [-0.39, 0.29) is 0 Å². The highest BCUT2D eigenvalue weighted by Crippen LogP contribution is 2.21. The summed E-state index contributed by atoms with van der Waals surface area (Å²) in [6, 6.07) is 0. The van der Waals surface area contributed by atoms with E-state index in [1.54, 1.807) is 0 Å². The van der Waals surface area contributed by atoms with Crippen LogP contribution in [0.5, 0.6) is 0 Å². The minimum absolute atomic E-state index is 0.975. The number of ether oxygens (including phenoxy) is 1. The van der Waals surface area contributed by atoms with E-state index in [1.807, 2.05) is 0 Å². The van der Waals surface area contributed by atoms with Crippen LogP contribution in [0, 0.1) is 0 Å². The lowest BCUT2D eigenvalue weighted by Crippen LogP contribution is -2.42. The topological polar surface area (TPSA) is 90.2 Å². The molecule has 4 N–H and O–H groups in total. The molecule has 1 heterocycles. The molecule has 5 heteroatoms. The van der Waals surface area contributed by atoms with Gasteiger partial charge in [0.15, 0.2) is 6.29 Å². The summed E-state index contributed by atoms with van der Waals surface area (Å²) in [5.74, 6) is -2.15. The van der Waals surface area contributed by atoms with E-state index in [1.165, 1.54) is 0 Å². The molecule has 0 spiro atoms.